The summed E-state index contributed by atoms with van der Waals surface area (Å²) in [5.41, 5.74) is -1.17. The normalized spacial score (nSPS) is 11.2. The number of hydrogen-bond acceptors (Lipinski definition) is 4. The lowest BCUT2D eigenvalue weighted by Gasteiger charge is -2.11. The number of aromatic amines is 1. The first-order valence-electron chi connectivity index (χ1n) is 5.03. The van der Waals surface area contributed by atoms with Crippen LogP contribution < -0.4 is 10.3 Å². The van der Waals surface area contributed by atoms with Crippen molar-refractivity contribution in [2.24, 2.45) is 0 Å². The number of hydrogen-bond donors (Lipinski definition) is 1. The van der Waals surface area contributed by atoms with Crippen LogP contribution in [0.15, 0.2) is 10.9 Å². The Balaban J connectivity index is 3.25. The number of halogens is 4. The Morgan fingerprint density at radius 3 is 2.58 bits per heavy atom. The van der Waals surface area contributed by atoms with Crippen molar-refractivity contribution in [3.05, 3.63) is 27.7 Å². The van der Waals surface area contributed by atoms with Crippen LogP contribution >= 0.6 is 15.9 Å². The molecule has 0 saturated carbocycles. The van der Waals surface area contributed by atoms with Crippen molar-refractivity contribution in [3.63, 3.8) is 0 Å². The third-order valence-corrected chi connectivity index (χ3v) is 2.50. The fourth-order valence-corrected chi connectivity index (χ4v) is 1.69. The van der Waals surface area contributed by atoms with Gasteiger partial charge in [-0.3, -0.25) is 4.79 Å². The van der Waals surface area contributed by atoms with Gasteiger partial charge in [0.05, 0.1) is 12.2 Å². The molecule has 1 aromatic heterocycles. The first-order chi connectivity index (χ1) is 8.78. The molecular formula is C10H9BrF3NO4. The highest BCUT2D eigenvalue weighted by molar-refractivity contribution is 9.08. The van der Waals surface area contributed by atoms with E-state index in [0.29, 0.717) is 6.07 Å². The lowest BCUT2D eigenvalue weighted by atomic mass is 10.2. The van der Waals surface area contributed by atoms with E-state index in [1.165, 1.54) is 0 Å². The van der Waals surface area contributed by atoms with E-state index in [2.05, 4.69) is 30.4 Å². The molecule has 0 aromatic carbocycles. The van der Waals surface area contributed by atoms with E-state index in [1.54, 1.807) is 6.92 Å². The first kappa shape index (κ1) is 15.5. The minimum atomic E-state index is -5.02. The van der Waals surface area contributed by atoms with Gasteiger partial charge in [-0.1, -0.05) is 15.9 Å². The molecule has 9 heteroatoms. The summed E-state index contributed by atoms with van der Waals surface area (Å²) in [4.78, 5) is 25.0. The van der Waals surface area contributed by atoms with Crippen molar-refractivity contribution in [1.29, 1.82) is 0 Å². The molecule has 0 aliphatic rings. The number of nitrogens with one attached hydrogen (secondary N) is 1. The van der Waals surface area contributed by atoms with Crippen LogP contribution in [0.2, 0.25) is 0 Å². The Bertz CT molecular complexity index is 526. The van der Waals surface area contributed by atoms with Crippen LogP contribution in [0.25, 0.3) is 0 Å². The first-order valence-corrected chi connectivity index (χ1v) is 6.15. The maximum absolute atomic E-state index is 12.1. The molecule has 1 aromatic rings. The molecule has 0 aliphatic heterocycles. The van der Waals surface area contributed by atoms with Gasteiger partial charge in [0, 0.05) is 17.1 Å². The Hall–Kier alpha value is -1.51. The monoisotopic (exact) mass is 343 g/mol. The van der Waals surface area contributed by atoms with Crippen LogP contribution in [-0.4, -0.2) is 23.9 Å². The number of esters is 1. The topological polar surface area (TPSA) is 68.4 Å². The highest BCUT2D eigenvalue weighted by atomic mass is 79.9. The molecule has 0 atom stereocenters. The summed E-state index contributed by atoms with van der Waals surface area (Å²) < 4.78 is 44.5. The van der Waals surface area contributed by atoms with Crippen LogP contribution in [-0.2, 0) is 10.1 Å². The van der Waals surface area contributed by atoms with Gasteiger partial charge >= 0.3 is 12.3 Å². The zero-order chi connectivity index (χ0) is 14.6. The minimum Gasteiger partial charge on any atom is -0.462 e. The second-order valence-corrected chi connectivity index (χ2v) is 3.82. The van der Waals surface area contributed by atoms with Crippen molar-refractivity contribution in [2.75, 3.05) is 6.61 Å². The molecule has 0 saturated heterocycles. The molecule has 19 heavy (non-hydrogen) atoms. The number of carbonyl (C=O) groups excluding carboxylic acids is 1. The lowest BCUT2D eigenvalue weighted by molar-refractivity contribution is -0.275. The Labute approximate surface area is 113 Å². The second kappa shape index (κ2) is 6.09. The molecule has 5 nitrogen and oxygen atoms in total. The molecule has 0 fully saturated rings. The smallest absolute Gasteiger partial charge is 0.462 e. The van der Waals surface area contributed by atoms with Crippen molar-refractivity contribution in [3.8, 4) is 5.75 Å². The molecule has 1 N–H and O–H groups in total. The number of rotatable bonds is 4. The lowest BCUT2D eigenvalue weighted by Crippen LogP contribution is -2.24. The molecule has 1 rings (SSSR count). The van der Waals surface area contributed by atoms with Crippen LogP contribution in [0.4, 0.5) is 13.2 Å². The second-order valence-electron chi connectivity index (χ2n) is 3.26. The molecule has 0 radical (unpaired) electrons. The van der Waals surface area contributed by atoms with Gasteiger partial charge in [0.15, 0.2) is 5.75 Å². The largest absolute Gasteiger partial charge is 0.573 e. The molecule has 1 heterocycles. The summed E-state index contributed by atoms with van der Waals surface area (Å²) in [6.07, 6.45) is -5.02. The van der Waals surface area contributed by atoms with Crippen molar-refractivity contribution in [1.82, 2.24) is 4.98 Å². The van der Waals surface area contributed by atoms with Gasteiger partial charge in [0.25, 0.3) is 5.56 Å². The average molecular weight is 344 g/mol. The number of aromatic nitrogens is 1. The van der Waals surface area contributed by atoms with Gasteiger partial charge in [-0.15, -0.1) is 13.2 Å². The third-order valence-electron chi connectivity index (χ3n) is 1.94. The molecule has 0 unspecified atom stereocenters. The van der Waals surface area contributed by atoms with E-state index in [1.807, 2.05) is 0 Å². The van der Waals surface area contributed by atoms with E-state index in [4.69, 9.17) is 0 Å². The maximum atomic E-state index is 12.1. The number of alkyl halides is 4. The summed E-state index contributed by atoms with van der Waals surface area (Å²) >= 11 is 3.01. The minimum absolute atomic E-state index is 0.0507. The van der Waals surface area contributed by atoms with E-state index in [-0.39, 0.29) is 23.2 Å². The predicted octanol–water partition coefficient (Wildman–Crippen LogP) is 2.35. The summed E-state index contributed by atoms with van der Waals surface area (Å²) in [6, 6.07) is 0.709. The summed E-state index contributed by atoms with van der Waals surface area (Å²) in [5, 5.41) is 0.0721. The van der Waals surface area contributed by atoms with Gasteiger partial charge in [-0.2, -0.15) is 0 Å². The van der Waals surface area contributed by atoms with Gasteiger partial charge in [-0.05, 0) is 6.92 Å². The Kier molecular flexibility index (Phi) is 4.98. The zero-order valence-corrected chi connectivity index (χ0v) is 11.2. The van der Waals surface area contributed by atoms with Crippen LogP contribution in [0.3, 0.4) is 0 Å². The van der Waals surface area contributed by atoms with Gasteiger partial charge in [0.2, 0.25) is 0 Å². The highest BCUT2D eigenvalue weighted by Gasteiger charge is 2.33. The van der Waals surface area contributed by atoms with Crippen molar-refractivity contribution in [2.45, 2.75) is 18.6 Å². The predicted molar refractivity (Wildman–Crippen MR) is 62.3 cm³/mol. The Morgan fingerprint density at radius 2 is 2.11 bits per heavy atom. The third kappa shape index (κ3) is 4.27. The molecule has 106 valence electrons. The zero-order valence-electron chi connectivity index (χ0n) is 9.64. The van der Waals surface area contributed by atoms with E-state index >= 15 is 0 Å². The van der Waals surface area contributed by atoms with Crippen LogP contribution in [0.5, 0.6) is 5.75 Å². The number of H-pyrrole nitrogens is 1. The highest BCUT2D eigenvalue weighted by Crippen LogP contribution is 2.22. The molecule has 0 amide bonds. The number of carbonyl (C=O) groups is 1. The quantitative estimate of drug-likeness (QED) is 0.673. The average Bonchev–Trinajstić information content (AvgIpc) is 2.29. The fraction of sp³-hybridized carbons (Fsp3) is 0.400. The number of pyridine rings is 1. The van der Waals surface area contributed by atoms with E-state index in [9.17, 15) is 22.8 Å². The molecular weight excluding hydrogens is 335 g/mol. The van der Waals surface area contributed by atoms with Gasteiger partial charge < -0.3 is 14.5 Å². The van der Waals surface area contributed by atoms with E-state index < -0.39 is 23.6 Å². The molecule has 0 aliphatic carbocycles. The fourth-order valence-electron chi connectivity index (χ4n) is 1.25. The standard InChI is InChI=1S/C10H9BrF3NO4/c1-2-18-9(17)5-3-7(19-10(12,13)14)8(16)15-6(5)4-11/h3H,2,4H2,1H3,(H,15,16). The molecule has 0 spiro atoms. The van der Waals surface area contributed by atoms with Crippen molar-refractivity contribution < 1.29 is 27.4 Å². The SMILES string of the molecule is CCOC(=O)c1cc(OC(F)(F)F)c(=O)[nH]c1CBr. The number of ether oxygens (including phenoxy) is 2. The van der Waals surface area contributed by atoms with Crippen LogP contribution in [0, 0.1) is 0 Å². The summed E-state index contributed by atoms with van der Waals surface area (Å²) in [6.45, 7) is 1.60. The van der Waals surface area contributed by atoms with Gasteiger partial charge in [-0.25, -0.2) is 4.79 Å². The molecule has 0 bridgehead atoms. The van der Waals surface area contributed by atoms with E-state index in [0.717, 1.165) is 0 Å². The maximum Gasteiger partial charge on any atom is 0.573 e. The summed E-state index contributed by atoms with van der Waals surface area (Å²) in [7, 11) is 0. The van der Waals surface area contributed by atoms with Crippen molar-refractivity contribution >= 4 is 21.9 Å². The van der Waals surface area contributed by atoms with Crippen LogP contribution in [0.1, 0.15) is 23.0 Å². The van der Waals surface area contributed by atoms with Gasteiger partial charge in [0.1, 0.15) is 0 Å². The Morgan fingerprint density at radius 1 is 1.47 bits per heavy atom. The summed E-state index contributed by atoms with van der Waals surface area (Å²) in [5.74, 6) is -1.86.